The van der Waals surface area contributed by atoms with Gasteiger partial charge >= 0.3 is 6.09 Å². The summed E-state index contributed by atoms with van der Waals surface area (Å²) >= 11 is 5.87. The molecule has 1 amide bonds. The van der Waals surface area contributed by atoms with Gasteiger partial charge in [-0.15, -0.1) is 0 Å². The van der Waals surface area contributed by atoms with E-state index in [1.54, 1.807) is 12.3 Å². The number of aliphatic hydroxyl groups excluding tert-OH is 1. The summed E-state index contributed by atoms with van der Waals surface area (Å²) in [4.78, 5) is 16.3. The van der Waals surface area contributed by atoms with Crippen LogP contribution in [0.25, 0.3) is 0 Å². The molecular formula is C19H29ClN2O3. The highest BCUT2D eigenvalue weighted by Crippen LogP contribution is 2.31. The lowest BCUT2D eigenvalue weighted by Crippen LogP contribution is -2.35. The predicted octanol–water partition coefficient (Wildman–Crippen LogP) is 4.63. The van der Waals surface area contributed by atoms with E-state index < -0.39 is 11.7 Å². The Morgan fingerprint density at radius 3 is 2.60 bits per heavy atom. The zero-order valence-electron chi connectivity index (χ0n) is 15.3. The summed E-state index contributed by atoms with van der Waals surface area (Å²) in [5, 5.41) is 13.0. The SMILES string of the molecule is CC(C)(C)OC(=O)N[C@H](CCC1CCC(O)CC1)c1ccc(Cl)nc1. The summed E-state index contributed by atoms with van der Waals surface area (Å²) in [5.74, 6) is 0.589. The fraction of sp³-hybridized carbons (Fsp3) is 0.684. The molecule has 6 heteroatoms. The van der Waals surface area contributed by atoms with Crippen molar-refractivity contribution in [2.24, 2.45) is 5.92 Å². The molecule has 25 heavy (non-hydrogen) atoms. The number of halogens is 1. The Morgan fingerprint density at radius 1 is 1.36 bits per heavy atom. The van der Waals surface area contributed by atoms with Gasteiger partial charge in [0.15, 0.2) is 0 Å². The van der Waals surface area contributed by atoms with E-state index in [0.29, 0.717) is 11.1 Å². The van der Waals surface area contributed by atoms with Gasteiger partial charge in [-0.3, -0.25) is 0 Å². The largest absolute Gasteiger partial charge is 0.444 e. The molecule has 5 nitrogen and oxygen atoms in total. The Bertz CT molecular complexity index is 549. The molecule has 0 aromatic carbocycles. The van der Waals surface area contributed by atoms with Gasteiger partial charge in [-0.2, -0.15) is 0 Å². The Balaban J connectivity index is 1.98. The molecule has 0 bridgehead atoms. The number of aliphatic hydroxyl groups is 1. The van der Waals surface area contributed by atoms with Gasteiger partial charge in [0.05, 0.1) is 12.1 Å². The number of alkyl carbamates (subject to hydrolysis) is 1. The van der Waals surface area contributed by atoms with Crippen LogP contribution in [0.2, 0.25) is 5.15 Å². The number of hydrogen-bond acceptors (Lipinski definition) is 4. The minimum atomic E-state index is -0.535. The molecule has 1 aliphatic carbocycles. The summed E-state index contributed by atoms with van der Waals surface area (Å²) in [6.45, 7) is 5.54. The second-order valence-corrected chi connectivity index (χ2v) is 8.25. The number of nitrogens with zero attached hydrogens (tertiary/aromatic N) is 1. The Labute approximate surface area is 155 Å². The first kappa shape index (κ1) is 20.0. The number of ether oxygens (including phenoxy) is 1. The number of carbonyl (C=O) groups excluding carboxylic acids is 1. The second-order valence-electron chi connectivity index (χ2n) is 7.86. The third-order valence-electron chi connectivity index (χ3n) is 4.52. The van der Waals surface area contributed by atoms with Crippen LogP contribution in [0.3, 0.4) is 0 Å². The molecule has 1 heterocycles. The van der Waals surface area contributed by atoms with Crippen molar-refractivity contribution in [1.29, 1.82) is 0 Å². The Kier molecular flexibility index (Phi) is 7.08. The minimum absolute atomic E-state index is 0.146. The van der Waals surface area contributed by atoms with Crippen molar-refractivity contribution >= 4 is 17.7 Å². The molecule has 2 N–H and O–H groups in total. The van der Waals surface area contributed by atoms with Crippen LogP contribution < -0.4 is 5.32 Å². The topological polar surface area (TPSA) is 71.5 Å². The van der Waals surface area contributed by atoms with E-state index in [9.17, 15) is 9.90 Å². The summed E-state index contributed by atoms with van der Waals surface area (Å²) in [7, 11) is 0. The highest BCUT2D eigenvalue weighted by molar-refractivity contribution is 6.29. The molecular weight excluding hydrogens is 340 g/mol. The first-order valence-corrected chi connectivity index (χ1v) is 9.40. The molecule has 1 atom stereocenters. The van der Waals surface area contributed by atoms with E-state index in [0.717, 1.165) is 44.1 Å². The third kappa shape index (κ3) is 7.20. The number of carbonyl (C=O) groups is 1. The van der Waals surface area contributed by atoms with Crippen molar-refractivity contribution in [3.8, 4) is 0 Å². The van der Waals surface area contributed by atoms with Crippen LogP contribution in [0.5, 0.6) is 0 Å². The summed E-state index contributed by atoms with van der Waals surface area (Å²) in [6, 6.07) is 3.46. The minimum Gasteiger partial charge on any atom is -0.444 e. The lowest BCUT2D eigenvalue weighted by molar-refractivity contribution is 0.0497. The maximum atomic E-state index is 12.2. The number of rotatable bonds is 5. The quantitative estimate of drug-likeness (QED) is 0.743. The lowest BCUT2D eigenvalue weighted by atomic mass is 9.83. The second kappa shape index (κ2) is 8.86. The van der Waals surface area contributed by atoms with Crippen molar-refractivity contribution in [3.05, 3.63) is 29.0 Å². The first-order valence-electron chi connectivity index (χ1n) is 9.02. The number of nitrogens with one attached hydrogen (secondary N) is 1. The highest BCUT2D eigenvalue weighted by atomic mass is 35.5. The van der Waals surface area contributed by atoms with E-state index in [-0.39, 0.29) is 12.1 Å². The van der Waals surface area contributed by atoms with Crippen LogP contribution in [0.4, 0.5) is 4.79 Å². The van der Waals surface area contributed by atoms with Crippen LogP contribution in [0.15, 0.2) is 18.3 Å². The number of pyridine rings is 1. The average molecular weight is 369 g/mol. The molecule has 0 spiro atoms. The van der Waals surface area contributed by atoms with Crippen LogP contribution >= 0.6 is 11.6 Å². The Hall–Kier alpha value is -1.33. The van der Waals surface area contributed by atoms with E-state index in [1.807, 2.05) is 26.8 Å². The number of aromatic nitrogens is 1. The third-order valence-corrected chi connectivity index (χ3v) is 4.75. The maximum Gasteiger partial charge on any atom is 0.408 e. The molecule has 0 unspecified atom stereocenters. The highest BCUT2D eigenvalue weighted by Gasteiger charge is 2.24. The van der Waals surface area contributed by atoms with Gasteiger partial charge < -0.3 is 15.2 Å². The fourth-order valence-corrected chi connectivity index (χ4v) is 3.31. The molecule has 1 aromatic rings. The monoisotopic (exact) mass is 368 g/mol. The lowest BCUT2D eigenvalue weighted by Gasteiger charge is -2.28. The number of hydrogen-bond donors (Lipinski definition) is 2. The summed E-state index contributed by atoms with van der Waals surface area (Å²) < 4.78 is 5.39. The van der Waals surface area contributed by atoms with Crippen molar-refractivity contribution in [3.63, 3.8) is 0 Å². The van der Waals surface area contributed by atoms with Gasteiger partial charge in [0.1, 0.15) is 10.8 Å². The van der Waals surface area contributed by atoms with E-state index in [4.69, 9.17) is 16.3 Å². The molecule has 140 valence electrons. The zero-order chi connectivity index (χ0) is 18.4. The van der Waals surface area contributed by atoms with E-state index in [2.05, 4.69) is 10.3 Å². The van der Waals surface area contributed by atoms with Crippen molar-refractivity contribution in [2.45, 2.75) is 77.0 Å². The van der Waals surface area contributed by atoms with Crippen LogP contribution in [0, 0.1) is 5.92 Å². The van der Waals surface area contributed by atoms with Crippen LogP contribution in [0.1, 0.15) is 70.9 Å². The maximum absolute atomic E-state index is 12.2. The van der Waals surface area contributed by atoms with Gasteiger partial charge in [-0.1, -0.05) is 17.7 Å². The first-order chi connectivity index (χ1) is 11.7. The van der Waals surface area contributed by atoms with Crippen molar-refractivity contribution in [2.75, 3.05) is 0 Å². The van der Waals surface area contributed by atoms with Gasteiger partial charge in [0.25, 0.3) is 0 Å². The fourth-order valence-electron chi connectivity index (χ4n) is 3.20. The van der Waals surface area contributed by atoms with Gasteiger partial charge in [0, 0.05) is 6.20 Å². The standard InChI is InChI=1S/C19H29ClN2O3/c1-19(2,3)25-18(24)22-16(14-7-11-17(20)21-12-14)10-6-13-4-8-15(23)9-5-13/h7,11-13,15-16,23H,4-6,8-10H2,1-3H3,(H,22,24)/t13?,15?,16-/m1/s1. The van der Waals surface area contributed by atoms with Gasteiger partial charge in [-0.25, -0.2) is 9.78 Å². The van der Waals surface area contributed by atoms with Crippen LogP contribution in [-0.4, -0.2) is 27.9 Å². The average Bonchev–Trinajstić information content (AvgIpc) is 2.52. The smallest absolute Gasteiger partial charge is 0.408 e. The van der Waals surface area contributed by atoms with E-state index in [1.165, 1.54) is 0 Å². The molecule has 1 aromatic heterocycles. The summed E-state index contributed by atoms with van der Waals surface area (Å²) in [5.41, 5.74) is 0.387. The van der Waals surface area contributed by atoms with Crippen molar-refractivity contribution in [1.82, 2.24) is 10.3 Å². The molecule has 1 fully saturated rings. The molecule has 1 saturated carbocycles. The number of amides is 1. The van der Waals surface area contributed by atoms with Crippen LogP contribution in [-0.2, 0) is 4.74 Å². The predicted molar refractivity (Wildman–Crippen MR) is 98.6 cm³/mol. The molecule has 0 saturated heterocycles. The summed E-state index contributed by atoms with van der Waals surface area (Å²) in [6.07, 6.45) is 6.76. The molecule has 0 radical (unpaired) electrons. The molecule has 0 aliphatic heterocycles. The Morgan fingerprint density at radius 2 is 2.04 bits per heavy atom. The van der Waals surface area contributed by atoms with E-state index >= 15 is 0 Å². The van der Waals surface area contributed by atoms with Gasteiger partial charge in [0.2, 0.25) is 0 Å². The molecule has 1 aliphatic rings. The normalized spacial score (nSPS) is 22.3. The zero-order valence-corrected chi connectivity index (χ0v) is 16.1. The van der Waals surface area contributed by atoms with Gasteiger partial charge in [-0.05, 0) is 76.8 Å². The molecule has 2 rings (SSSR count). The van der Waals surface area contributed by atoms with Crippen molar-refractivity contribution < 1.29 is 14.6 Å².